The maximum Gasteiger partial charge on any atom is 0.244 e. The molecule has 11 heteroatoms. The fourth-order valence-corrected chi connectivity index (χ4v) is 8.75. The molecule has 3 atom stereocenters. The minimum Gasteiger partial charge on any atom is -0.379 e. The van der Waals surface area contributed by atoms with Crippen LogP contribution in [-0.2, 0) is 31.1 Å². The highest BCUT2D eigenvalue weighted by Crippen LogP contribution is 2.51. The maximum atomic E-state index is 14.3. The van der Waals surface area contributed by atoms with E-state index >= 15 is 0 Å². The number of carbonyl (C=O) groups is 3. The van der Waals surface area contributed by atoms with Crippen LogP contribution in [0, 0.1) is 11.8 Å². The van der Waals surface area contributed by atoms with Gasteiger partial charge in [-0.05, 0) is 61.8 Å². The number of halogens is 1. The fraction of sp³-hybridized carbons (Fsp3) is 0.545. The summed E-state index contributed by atoms with van der Waals surface area (Å²) in [4.78, 5) is 47.4. The van der Waals surface area contributed by atoms with Crippen LogP contribution < -0.4 is 21.1 Å². The molecule has 3 amide bonds. The Bertz CT molecular complexity index is 1420. The summed E-state index contributed by atoms with van der Waals surface area (Å²) in [7, 11) is 0. The summed E-state index contributed by atoms with van der Waals surface area (Å²) >= 11 is 3.74. The summed E-state index contributed by atoms with van der Waals surface area (Å²) in [5.41, 5.74) is 9.38. The van der Waals surface area contributed by atoms with Gasteiger partial charge in [0, 0.05) is 72.6 Å². The van der Waals surface area contributed by atoms with Crippen molar-refractivity contribution in [2.24, 2.45) is 11.8 Å². The Morgan fingerprint density at radius 2 is 1.82 bits per heavy atom. The summed E-state index contributed by atoms with van der Waals surface area (Å²) in [6.45, 7) is 5.81. The van der Waals surface area contributed by atoms with Gasteiger partial charge in [-0.3, -0.25) is 30.1 Å². The summed E-state index contributed by atoms with van der Waals surface area (Å²) in [6.07, 6.45) is 3.93. The number of carbonyl (C=O) groups excluding carboxylic acids is 3. The highest BCUT2D eigenvalue weighted by atomic mass is 79.9. The number of ether oxygens (including phenoxy) is 1. The van der Waals surface area contributed by atoms with Crippen molar-refractivity contribution in [1.29, 1.82) is 0 Å². The van der Waals surface area contributed by atoms with Crippen molar-refractivity contribution in [2.45, 2.75) is 50.1 Å². The molecule has 0 bridgehead atoms. The Hall–Kier alpha value is -2.83. The number of benzene rings is 2. The molecule has 0 radical (unpaired) electrons. The van der Waals surface area contributed by atoms with E-state index < -0.39 is 5.41 Å². The first-order valence-electron chi connectivity index (χ1n) is 16.0. The second-order valence-electron chi connectivity index (χ2n) is 12.9. The molecule has 5 aliphatic rings. The zero-order chi connectivity index (χ0) is 30.3. The summed E-state index contributed by atoms with van der Waals surface area (Å²) in [5, 5.41) is 3.09. The number of nitrogens with zero attached hydrogens (tertiary/aromatic N) is 3. The van der Waals surface area contributed by atoms with E-state index in [2.05, 4.69) is 37.0 Å². The predicted molar refractivity (Wildman–Crippen MR) is 171 cm³/mol. The Labute approximate surface area is 266 Å². The molecule has 1 aliphatic carbocycles. The van der Waals surface area contributed by atoms with E-state index in [0.29, 0.717) is 51.1 Å². The molecule has 3 unspecified atom stereocenters. The molecule has 234 valence electrons. The Morgan fingerprint density at radius 3 is 2.64 bits per heavy atom. The van der Waals surface area contributed by atoms with Crippen LogP contribution in [0.25, 0.3) is 0 Å². The monoisotopic (exact) mass is 664 g/mol. The lowest BCUT2D eigenvalue weighted by atomic mass is 9.73. The van der Waals surface area contributed by atoms with Gasteiger partial charge in [-0.25, -0.2) is 0 Å². The molecule has 3 N–H and O–H groups in total. The van der Waals surface area contributed by atoms with Gasteiger partial charge in [0.05, 0.1) is 18.6 Å². The number of hydrazine groups is 1. The molecule has 3 saturated heterocycles. The van der Waals surface area contributed by atoms with Crippen LogP contribution in [0.4, 0.5) is 11.4 Å². The Morgan fingerprint density at radius 1 is 1.02 bits per heavy atom. The van der Waals surface area contributed by atoms with Crippen molar-refractivity contribution in [2.75, 3.05) is 62.7 Å². The number of hydrogen-bond donors (Lipinski definition) is 3. The lowest BCUT2D eigenvalue weighted by molar-refractivity contribution is -0.140. The molecule has 4 aliphatic heterocycles. The Kier molecular flexibility index (Phi) is 8.49. The number of hydrogen-bond acceptors (Lipinski definition) is 7. The molecule has 1 saturated carbocycles. The van der Waals surface area contributed by atoms with Gasteiger partial charge in [0.1, 0.15) is 6.54 Å². The summed E-state index contributed by atoms with van der Waals surface area (Å²) in [6, 6.07) is 14.2. The average molecular weight is 666 g/mol. The summed E-state index contributed by atoms with van der Waals surface area (Å²) in [5.74, 6) is 0.507. The number of anilines is 2. The van der Waals surface area contributed by atoms with Crippen LogP contribution >= 0.6 is 15.9 Å². The first kappa shape index (κ1) is 29.9. The van der Waals surface area contributed by atoms with E-state index in [0.717, 1.165) is 72.4 Å². The lowest BCUT2D eigenvalue weighted by Gasteiger charge is -2.41. The summed E-state index contributed by atoms with van der Waals surface area (Å²) < 4.78 is 6.36. The van der Waals surface area contributed by atoms with Crippen molar-refractivity contribution in [3.63, 3.8) is 0 Å². The largest absolute Gasteiger partial charge is 0.379 e. The third-order valence-corrected chi connectivity index (χ3v) is 11.1. The molecule has 44 heavy (non-hydrogen) atoms. The number of fused-ring (bicyclic) bond motifs is 3. The molecule has 1 spiro atoms. The van der Waals surface area contributed by atoms with E-state index in [1.807, 2.05) is 47.4 Å². The molecule has 7 rings (SSSR count). The number of rotatable bonds is 6. The zero-order valence-corrected chi connectivity index (χ0v) is 26.6. The van der Waals surface area contributed by atoms with Crippen molar-refractivity contribution in [1.82, 2.24) is 20.7 Å². The first-order chi connectivity index (χ1) is 21.4. The van der Waals surface area contributed by atoms with Gasteiger partial charge in [-0.1, -0.05) is 40.2 Å². The van der Waals surface area contributed by atoms with Crippen LogP contribution in [0.15, 0.2) is 46.9 Å². The number of amides is 3. The van der Waals surface area contributed by atoms with Crippen molar-refractivity contribution in [3.05, 3.63) is 58.1 Å². The van der Waals surface area contributed by atoms with Gasteiger partial charge < -0.3 is 19.9 Å². The van der Waals surface area contributed by atoms with Crippen molar-refractivity contribution in [3.8, 4) is 0 Å². The number of nitrogens with one attached hydrogen (secondary N) is 3. The Balaban J connectivity index is 1.04. The van der Waals surface area contributed by atoms with Crippen LogP contribution in [0.2, 0.25) is 0 Å². The number of morpholine rings is 1. The van der Waals surface area contributed by atoms with Crippen LogP contribution in [0.5, 0.6) is 0 Å². The molecule has 4 heterocycles. The van der Waals surface area contributed by atoms with Gasteiger partial charge in [0.25, 0.3) is 0 Å². The predicted octanol–water partition coefficient (Wildman–Crippen LogP) is 3.02. The smallest absolute Gasteiger partial charge is 0.244 e. The molecular formula is C33H41BrN6O4. The maximum absolute atomic E-state index is 14.3. The molecule has 0 aromatic heterocycles. The van der Waals surface area contributed by atoms with Crippen LogP contribution in [0.3, 0.4) is 0 Å². The second kappa shape index (κ2) is 12.5. The molecule has 4 fully saturated rings. The number of para-hydroxylation sites is 1. The van der Waals surface area contributed by atoms with Gasteiger partial charge in [-0.15, -0.1) is 0 Å². The van der Waals surface area contributed by atoms with E-state index in [4.69, 9.17) is 4.74 Å². The van der Waals surface area contributed by atoms with Gasteiger partial charge in [-0.2, -0.15) is 0 Å². The first-order valence-corrected chi connectivity index (χ1v) is 16.8. The lowest BCUT2D eigenvalue weighted by Crippen LogP contribution is -2.52. The third kappa shape index (κ3) is 5.58. The quantitative estimate of drug-likeness (QED) is 0.436. The molecular weight excluding hydrogens is 624 g/mol. The minimum atomic E-state index is -0.752. The van der Waals surface area contributed by atoms with Gasteiger partial charge in [0.15, 0.2) is 0 Å². The van der Waals surface area contributed by atoms with E-state index in [1.54, 1.807) is 4.90 Å². The van der Waals surface area contributed by atoms with E-state index in [1.165, 1.54) is 0 Å². The average Bonchev–Trinajstić information content (AvgIpc) is 3.60. The normalized spacial score (nSPS) is 26.5. The minimum absolute atomic E-state index is 0.0492. The molecule has 2 aromatic carbocycles. The van der Waals surface area contributed by atoms with Crippen molar-refractivity contribution >= 4 is 45.0 Å². The number of piperidine rings is 1. The molecule has 2 aromatic rings. The third-order valence-electron chi connectivity index (χ3n) is 10.4. The van der Waals surface area contributed by atoms with Gasteiger partial charge in [0.2, 0.25) is 17.7 Å². The van der Waals surface area contributed by atoms with Crippen LogP contribution in [0.1, 0.15) is 43.2 Å². The van der Waals surface area contributed by atoms with Crippen molar-refractivity contribution < 1.29 is 19.1 Å². The van der Waals surface area contributed by atoms with E-state index in [-0.39, 0.29) is 30.2 Å². The standard InChI is InChI=1S/C33H41BrN6O4/c34-25-5-3-7-28-30(25)33(10-12-39(13-11-33)31(42)22-8-9-27-24(18-22)19-35-37-27)32(43)40(28)21-29(41)36-26-6-2-1-4-23(26)20-38-14-16-44-17-15-38/h1-7,22,24,27,35,37H,8-21H2,(H,36,41). The van der Waals surface area contributed by atoms with E-state index in [9.17, 15) is 14.4 Å². The highest BCUT2D eigenvalue weighted by Gasteiger charge is 2.54. The second-order valence-corrected chi connectivity index (χ2v) is 13.8. The zero-order valence-electron chi connectivity index (χ0n) is 25.0. The fourth-order valence-electron chi connectivity index (χ4n) is 8.01. The molecule has 10 nitrogen and oxygen atoms in total. The topological polar surface area (TPSA) is 106 Å². The van der Waals surface area contributed by atoms with Crippen LogP contribution in [-0.4, -0.2) is 86.0 Å². The SMILES string of the molecule is O=C(CN1C(=O)C2(CCN(C(=O)C3CCC4NNCC4C3)CC2)c2c(Br)cccc21)Nc1ccccc1CN1CCOCC1. The highest BCUT2D eigenvalue weighted by molar-refractivity contribution is 9.10. The van der Waals surface area contributed by atoms with Gasteiger partial charge >= 0.3 is 0 Å². The number of likely N-dealkylation sites (tertiary alicyclic amines) is 1.